The highest BCUT2D eigenvalue weighted by Gasteiger charge is 2.36. The Bertz CT molecular complexity index is 867. The standard InChI is InChI=1S/C20H26N4O3/c1-27-16-6-9-22(10-7-16)15-12-24(13-15)19(25)8-11-23-14-21-18-5-3-2-4-17(18)20(23)26/h2-5,14-16H,6-13H2,1H3. The highest BCUT2D eigenvalue weighted by Crippen LogP contribution is 2.21. The predicted molar refractivity (Wildman–Crippen MR) is 103 cm³/mol. The molecule has 0 unspecified atom stereocenters. The van der Waals surface area contributed by atoms with Gasteiger partial charge in [-0.1, -0.05) is 12.1 Å². The van der Waals surface area contributed by atoms with Gasteiger partial charge in [-0.2, -0.15) is 0 Å². The Hall–Kier alpha value is -2.25. The fraction of sp³-hybridized carbons (Fsp3) is 0.550. The average molecular weight is 370 g/mol. The van der Waals surface area contributed by atoms with Crippen molar-refractivity contribution in [3.8, 4) is 0 Å². The summed E-state index contributed by atoms with van der Waals surface area (Å²) in [6.45, 7) is 4.05. The Morgan fingerprint density at radius 1 is 1.22 bits per heavy atom. The minimum Gasteiger partial charge on any atom is -0.381 e. The molecular weight excluding hydrogens is 344 g/mol. The van der Waals surface area contributed by atoms with Crippen LogP contribution in [-0.2, 0) is 16.1 Å². The van der Waals surface area contributed by atoms with Gasteiger partial charge in [0, 0.05) is 52.3 Å². The minimum atomic E-state index is -0.0871. The van der Waals surface area contributed by atoms with Gasteiger partial charge in [0.1, 0.15) is 0 Å². The Morgan fingerprint density at radius 2 is 1.96 bits per heavy atom. The molecule has 0 spiro atoms. The van der Waals surface area contributed by atoms with E-state index in [2.05, 4.69) is 9.88 Å². The number of aromatic nitrogens is 2. The number of para-hydroxylation sites is 1. The van der Waals surface area contributed by atoms with Crippen molar-refractivity contribution >= 4 is 16.8 Å². The van der Waals surface area contributed by atoms with Gasteiger partial charge >= 0.3 is 0 Å². The Morgan fingerprint density at radius 3 is 2.70 bits per heavy atom. The number of hydrogen-bond donors (Lipinski definition) is 0. The van der Waals surface area contributed by atoms with E-state index in [-0.39, 0.29) is 11.5 Å². The zero-order chi connectivity index (χ0) is 18.8. The van der Waals surface area contributed by atoms with Gasteiger partial charge in [-0.05, 0) is 25.0 Å². The van der Waals surface area contributed by atoms with Crippen LogP contribution in [-0.4, -0.2) is 70.7 Å². The molecule has 7 nitrogen and oxygen atoms in total. The van der Waals surface area contributed by atoms with Crippen molar-refractivity contribution in [2.75, 3.05) is 33.3 Å². The molecule has 0 radical (unpaired) electrons. The molecule has 3 heterocycles. The molecule has 1 aromatic heterocycles. The van der Waals surface area contributed by atoms with Gasteiger partial charge in [0.05, 0.1) is 23.3 Å². The zero-order valence-corrected chi connectivity index (χ0v) is 15.7. The van der Waals surface area contributed by atoms with Gasteiger partial charge in [0.25, 0.3) is 5.56 Å². The summed E-state index contributed by atoms with van der Waals surface area (Å²) in [7, 11) is 1.78. The van der Waals surface area contributed by atoms with Crippen LogP contribution in [0.3, 0.4) is 0 Å². The van der Waals surface area contributed by atoms with E-state index >= 15 is 0 Å². The summed E-state index contributed by atoms with van der Waals surface area (Å²) < 4.78 is 6.95. The second-order valence-corrected chi connectivity index (χ2v) is 7.43. The third-order valence-electron chi connectivity index (χ3n) is 5.84. The van der Waals surface area contributed by atoms with Crippen molar-refractivity contribution in [1.82, 2.24) is 19.4 Å². The van der Waals surface area contributed by atoms with E-state index in [1.807, 2.05) is 23.1 Å². The Balaban J connectivity index is 1.28. The van der Waals surface area contributed by atoms with Crippen LogP contribution in [0, 0.1) is 0 Å². The minimum absolute atomic E-state index is 0.0871. The molecule has 1 aromatic carbocycles. The van der Waals surface area contributed by atoms with Crippen molar-refractivity contribution in [3.05, 3.63) is 40.9 Å². The zero-order valence-electron chi connectivity index (χ0n) is 15.7. The first-order valence-corrected chi connectivity index (χ1v) is 9.64. The number of carbonyl (C=O) groups excluding carboxylic acids is 1. The third kappa shape index (κ3) is 3.75. The third-order valence-corrected chi connectivity index (χ3v) is 5.84. The van der Waals surface area contributed by atoms with Crippen molar-refractivity contribution in [2.24, 2.45) is 0 Å². The van der Waals surface area contributed by atoms with E-state index in [1.165, 1.54) is 10.9 Å². The van der Waals surface area contributed by atoms with Crippen LogP contribution < -0.4 is 5.56 Å². The number of benzene rings is 1. The van der Waals surface area contributed by atoms with Crippen LogP contribution in [0.1, 0.15) is 19.3 Å². The first-order valence-electron chi connectivity index (χ1n) is 9.64. The lowest BCUT2D eigenvalue weighted by Crippen LogP contribution is -2.62. The molecule has 0 saturated carbocycles. The van der Waals surface area contributed by atoms with Crippen LogP contribution in [0.15, 0.2) is 35.4 Å². The molecule has 1 amide bonds. The van der Waals surface area contributed by atoms with Gasteiger partial charge in [0.15, 0.2) is 0 Å². The summed E-state index contributed by atoms with van der Waals surface area (Å²) in [5.41, 5.74) is 0.601. The molecule has 2 aromatic rings. The molecule has 0 bridgehead atoms. The molecule has 144 valence electrons. The summed E-state index contributed by atoms with van der Waals surface area (Å²) in [5.74, 6) is 0.109. The van der Waals surface area contributed by atoms with E-state index in [0.29, 0.717) is 36.0 Å². The number of likely N-dealkylation sites (tertiary alicyclic amines) is 2. The van der Waals surface area contributed by atoms with Gasteiger partial charge in [-0.25, -0.2) is 4.98 Å². The monoisotopic (exact) mass is 370 g/mol. The SMILES string of the molecule is COC1CCN(C2CN(C(=O)CCn3cnc4ccccc4c3=O)C2)CC1. The second-order valence-electron chi connectivity index (χ2n) is 7.43. The van der Waals surface area contributed by atoms with Crippen molar-refractivity contribution in [3.63, 3.8) is 0 Å². The van der Waals surface area contributed by atoms with E-state index in [4.69, 9.17) is 4.74 Å². The second kappa shape index (κ2) is 7.78. The molecule has 0 aliphatic carbocycles. The number of rotatable bonds is 5. The van der Waals surface area contributed by atoms with E-state index in [9.17, 15) is 9.59 Å². The lowest BCUT2D eigenvalue weighted by molar-refractivity contribution is -0.139. The first kappa shape index (κ1) is 18.1. The van der Waals surface area contributed by atoms with E-state index in [1.54, 1.807) is 13.2 Å². The molecule has 2 saturated heterocycles. The van der Waals surface area contributed by atoms with Crippen LogP contribution in [0.5, 0.6) is 0 Å². The molecule has 0 N–H and O–H groups in total. The number of piperidine rings is 1. The molecule has 0 atom stereocenters. The number of ether oxygens (including phenoxy) is 1. The number of fused-ring (bicyclic) bond motifs is 1. The first-order chi connectivity index (χ1) is 13.2. The molecule has 2 aliphatic rings. The van der Waals surface area contributed by atoms with Gasteiger partial charge in [-0.3, -0.25) is 19.1 Å². The molecule has 4 rings (SSSR count). The number of aryl methyl sites for hydroxylation is 1. The van der Waals surface area contributed by atoms with Crippen molar-refractivity contribution < 1.29 is 9.53 Å². The maximum atomic E-state index is 12.5. The largest absolute Gasteiger partial charge is 0.381 e. The Kier molecular flexibility index (Phi) is 5.22. The van der Waals surface area contributed by atoms with Crippen LogP contribution in [0.4, 0.5) is 0 Å². The highest BCUT2D eigenvalue weighted by atomic mass is 16.5. The highest BCUT2D eigenvalue weighted by molar-refractivity contribution is 5.78. The fourth-order valence-electron chi connectivity index (χ4n) is 4.01. The van der Waals surface area contributed by atoms with Crippen molar-refractivity contribution in [2.45, 2.75) is 38.0 Å². The summed E-state index contributed by atoms with van der Waals surface area (Å²) in [4.78, 5) is 33.6. The normalized spacial score (nSPS) is 19.4. The van der Waals surface area contributed by atoms with Crippen LogP contribution >= 0.6 is 0 Å². The molecular formula is C20H26N4O3. The van der Waals surface area contributed by atoms with Gasteiger partial charge < -0.3 is 9.64 Å². The number of hydrogen-bond acceptors (Lipinski definition) is 5. The summed E-state index contributed by atoms with van der Waals surface area (Å²) in [5, 5.41) is 0.593. The Labute approximate surface area is 158 Å². The summed E-state index contributed by atoms with van der Waals surface area (Å²) >= 11 is 0. The lowest BCUT2D eigenvalue weighted by atomic mass is 10.0. The smallest absolute Gasteiger partial charge is 0.261 e. The molecule has 27 heavy (non-hydrogen) atoms. The maximum Gasteiger partial charge on any atom is 0.261 e. The van der Waals surface area contributed by atoms with Crippen LogP contribution in [0.25, 0.3) is 10.9 Å². The predicted octanol–water partition coefficient (Wildman–Crippen LogP) is 1.11. The molecule has 7 heteroatoms. The number of nitrogens with zero attached hydrogens (tertiary/aromatic N) is 4. The lowest BCUT2D eigenvalue weighted by Gasteiger charge is -2.47. The van der Waals surface area contributed by atoms with Crippen LogP contribution in [0.2, 0.25) is 0 Å². The van der Waals surface area contributed by atoms with Crippen molar-refractivity contribution in [1.29, 1.82) is 0 Å². The number of amides is 1. The molecule has 2 fully saturated rings. The van der Waals surface area contributed by atoms with Gasteiger partial charge in [-0.15, -0.1) is 0 Å². The van der Waals surface area contributed by atoms with Gasteiger partial charge in [0.2, 0.25) is 5.91 Å². The topological polar surface area (TPSA) is 67.7 Å². The van der Waals surface area contributed by atoms with E-state index in [0.717, 1.165) is 39.0 Å². The fourth-order valence-corrected chi connectivity index (χ4v) is 4.01. The number of methoxy groups -OCH3 is 1. The quantitative estimate of drug-likeness (QED) is 0.789. The summed E-state index contributed by atoms with van der Waals surface area (Å²) in [6, 6.07) is 7.76. The van der Waals surface area contributed by atoms with E-state index < -0.39 is 0 Å². The summed E-state index contributed by atoms with van der Waals surface area (Å²) in [6.07, 6.45) is 4.39. The average Bonchev–Trinajstić information content (AvgIpc) is 2.67. The number of carbonyl (C=O) groups is 1. The molecule has 2 aliphatic heterocycles. The maximum absolute atomic E-state index is 12.5.